The quantitative estimate of drug-likeness (QED) is 0.800. The molecule has 2 aromatic carbocycles. The van der Waals surface area contributed by atoms with Gasteiger partial charge in [0.05, 0.1) is 20.3 Å². The van der Waals surface area contributed by atoms with Gasteiger partial charge in [0, 0.05) is 16.8 Å². The number of rotatable bonds is 6. The van der Waals surface area contributed by atoms with Gasteiger partial charge in [-0.15, -0.1) is 0 Å². The summed E-state index contributed by atoms with van der Waals surface area (Å²) in [5.74, 6) is 1.16. The smallest absolute Gasteiger partial charge is 0.319 e. The molecule has 0 saturated heterocycles. The average Bonchev–Trinajstić information content (AvgIpc) is 2.60. The first kappa shape index (κ1) is 17.9. The molecule has 0 aliphatic rings. The molecule has 1 atom stereocenters. The minimum Gasteiger partial charge on any atom is -0.493 e. The van der Waals surface area contributed by atoms with Crippen molar-refractivity contribution < 1.29 is 14.3 Å². The molecule has 5 nitrogen and oxygen atoms in total. The van der Waals surface area contributed by atoms with Gasteiger partial charge in [-0.1, -0.05) is 30.7 Å². The minimum absolute atomic E-state index is 0.0950. The van der Waals surface area contributed by atoms with Crippen molar-refractivity contribution >= 4 is 23.3 Å². The normalized spacial score (nSPS) is 11.5. The molecule has 0 aliphatic carbocycles. The van der Waals surface area contributed by atoms with Gasteiger partial charge in [0.15, 0.2) is 11.5 Å². The van der Waals surface area contributed by atoms with E-state index in [4.69, 9.17) is 21.1 Å². The van der Waals surface area contributed by atoms with Crippen molar-refractivity contribution in [3.8, 4) is 11.5 Å². The number of carbonyl (C=O) groups is 1. The Hall–Kier alpha value is -2.40. The van der Waals surface area contributed by atoms with Gasteiger partial charge in [-0.05, 0) is 36.2 Å². The Morgan fingerprint density at radius 3 is 2.33 bits per heavy atom. The Morgan fingerprint density at radius 2 is 1.75 bits per heavy atom. The van der Waals surface area contributed by atoms with E-state index < -0.39 is 0 Å². The molecule has 6 heteroatoms. The lowest BCUT2D eigenvalue weighted by Crippen LogP contribution is -2.32. The number of hydrogen-bond acceptors (Lipinski definition) is 3. The van der Waals surface area contributed by atoms with Crippen LogP contribution in [0.2, 0.25) is 5.02 Å². The average molecular weight is 349 g/mol. The lowest BCUT2D eigenvalue weighted by molar-refractivity contribution is 0.248. The summed E-state index contributed by atoms with van der Waals surface area (Å²) in [5.41, 5.74) is 1.63. The van der Waals surface area contributed by atoms with Crippen molar-refractivity contribution in [3.63, 3.8) is 0 Å². The van der Waals surface area contributed by atoms with Crippen LogP contribution in [0.15, 0.2) is 42.5 Å². The molecule has 0 aromatic heterocycles. The largest absolute Gasteiger partial charge is 0.493 e. The van der Waals surface area contributed by atoms with E-state index in [0.717, 1.165) is 12.0 Å². The Balaban J connectivity index is 2.05. The van der Waals surface area contributed by atoms with Crippen LogP contribution >= 0.6 is 11.6 Å². The summed E-state index contributed by atoms with van der Waals surface area (Å²) in [5, 5.41) is 6.42. The van der Waals surface area contributed by atoms with Gasteiger partial charge in [-0.3, -0.25) is 0 Å². The maximum atomic E-state index is 12.3. The number of anilines is 1. The van der Waals surface area contributed by atoms with Crippen molar-refractivity contribution in [2.24, 2.45) is 0 Å². The molecule has 0 aliphatic heterocycles. The van der Waals surface area contributed by atoms with E-state index in [1.165, 1.54) is 0 Å². The predicted octanol–water partition coefficient (Wildman–Crippen LogP) is 4.63. The molecule has 2 N–H and O–H groups in total. The number of benzene rings is 2. The van der Waals surface area contributed by atoms with E-state index in [9.17, 15) is 4.79 Å². The number of ether oxygens (including phenoxy) is 2. The van der Waals surface area contributed by atoms with Gasteiger partial charge in [0.25, 0.3) is 0 Å². The molecule has 0 radical (unpaired) electrons. The fourth-order valence-corrected chi connectivity index (χ4v) is 2.48. The third kappa shape index (κ3) is 4.55. The summed E-state index contributed by atoms with van der Waals surface area (Å²) in [4.78, 5) is 12.3. The van der Waals surface area contributed by atoms with E-state index >= 15 is 0 Å². The third-order valence-corrected chi connectivity index (χ3v) is 3.88. The first-order chi connectivity index (χ1) is 11.6. The first-order valence-electron chi connectivity index (χ1n) is 7.62. The van der Waals surface area contributed by atoms with Crippen LogP contribution in [-0.4, -0.2) is 20.3 Å². The van der Waals surface area contributed by atoms with Crippen molar-refractivity contribution in [2.45, 2.75) is 19.4 Å². The second-order valence-corrected chi connectivity index (χ2v) is 5.62. The van der Waals surface area contributed by atoms with Crippen LogP contribution in [0.1, 0.15) is 24.9 Å². The molecule has 0 spiro atoms. The number of nitrogens with one attached hydrogen (secondary N) is 2. The summed E-state index contributed by atoms with van der Waals surface area (Å²) in [6.07, 6.45) is 0.765. The Labute approximate surface area is 146 Å². The summed E-state index contributed by atoms with van der Waals surface area (Å²) in [6.45, 7) is 2.01. The van der Waals surface area contributed by atoms with Gasteiger partial charge >= 0.3 is 6.03 Å². The van der Waals surface area contributed by atoms with Crippen LogP contribution < -0.4 is 20.1 Å². The van der Waals surface area contributed by atoms with Crippen LogP contribution in [0.5, 0.6) is 11.5 Å². The highest BCUT2D eigenvalue weighted by Crippen LogP contribution is 2.29. The molecule has 0 unspecified atom stereocenters. The van der Waals surface area contributed by atoms with Crippen molar-refractivity contribution in [1.29, 1.82) is 0 Å². The summed E-state index contributed by atoms with van der Waals surface area (Å²) in [6, 6.07) is 12.3. The minimum atomic E-state index is -0.288. The standard InChI is InChI=1S/C18H21ClN2O3/c1-4-15(12-5-7-13(19)8-6-12)21-18(22)20-14-9-10-16(23-2)17(11-14)24-3/h5-11,15H,4H2,1-3H3,(H2,20,21,22)/t15-/m0/s1. The van der Waals surface area contributed by atoms with Gasteiger partial charge in [-0.2, -0.15) is 0 Å². The molecule has 2 aromatic rings. The highest BCUT2D eigenvalue weighted by molar-refractivity contribution is 6.30. The molecule has 0 bridgehead atoms. The third-order valence-electron chi connectivity index (χ3n) is 3.63. The molecular weight excluding hydrogens is 328 g/mol. The number of methoxy groups -OCH3 is 2. The number of halogens is 1. The van der Waals surface area contributed by atoms with E-state index in [2.05, 4.69) is 10.6 Å². The second-order valence-electron chi connectivity index (χ2n) is 5.18. The topological polar surface area (TPSA) is 59.6 Å². The van der Waals surface area contributed by atoms with Gasteiger partial charge in [0.2, 0.25) is 0 Å². The lowest BCUT2D eigenvalue weighted by atomic mass is 10.1. The van der Waals surface area contributed by atoms with Crippen molar-refractivity contribution in [3.05, 3.63) is 53.1 Å². The molecule has 2 amide bonds. The molecule has 0 heterocycles. The summed E-state index contributed by atoms with van der Waals surface area (Å²) in [7, 11) is 3.12. The van der Waals surface area contributed by atoms with Crippen LogP contribution in [0, 0.1) is 0 Å². The van der Waals surface area contributed by atoms with E-state index in [-0.39, 0.29) is 12.1 Å². The van der Waals surface area contributed by atoms with Gasteiger partial charge in [0.1, 0.15) is 0 Å². The van der Waals surface area contributed by atoms with Crippen LogP contribution in [0.3, 0.4) is 0 Å². The Kier molecular flexibility index (Phi) is 6.32. The number of urea groups is 1. The number of carbonyl (C=O) groups excluding carboxylic acids is 1. The maximum absolute atomic E-state index is 12.3. The van der Waals surface area contributed by atoms with Crippen molar-refractivity contribution in [2.75, 3.05) is 19.5 Å². The van der Waals surface area contributed by atoms with E-state index in [1.807, 2.05) is 31.2 Å². The zero-order valence-electron chi connectivity index (χ0n) is 13.9. The highest BCUT2D eigenvalue weighted by atomic mass is 35.5. The molecule has 0 saturated carbocycles. The Bertz CT molecular complexity index is 689. The zero-order valence-corrected chi connectivity index (χ0v) is 14.7. The highest BCUT2D eigenvalue weighted by Gasteiger charge is 2.13. The van der Waals surface area contributed by atoms with Gasteiger partial charge < -0.3 is 20.1 Å². The number of amides is 2. The van der Waals surface area contributed by atoms with Crippen LogP contribution in [-0.2, 0) is 0 Å². The molecule has 128 valence electrons. The maximum Gasteiger partial charge on any atom is 0.319 e. The molecule has 2 rings (SSSR count). The van der Waals surface area contributed by atoms with Gasteiger partial charge in [-0.25, -0.2) is 4.79 Å². The summed E-state index contributed by atoms with van der Waals surface area (Å²) >= 11 is 5.90. The number of hydrogen-bond donors (Lipinski definition) is 2. The summed E-state index contributed by atoms with van der Waals surface area (Å²) < 4.78 is 10.4. The lowest BCUT2D eigenvalue weighted by Gasteiger charge is -2.18. The molecule has 24 heavy (non-hydrogen) atoms. The second kappa shape index (κ2) is 8.45. The fraction of sp³-hybridized carbons (Fsp3) is 0.278. The Morgan fingerprint density at radius 1 is 1.08 bits per heavy atom. The predicted molar refractivity (Wildman–Crippen MR) is 96.2 cm³/mol. The van der Waals surface area contributed by atoms with Crippen molar-refractivity contribution in [1.82, 2.24) is 5.32 Å². The van der Waals surface area contributed by atoms with Crippen LogP contribution in [0.4, 0.5) is 10.5 Å². The monoisotopic (exact) mass is 348 g/mol. The fourth-order valence-electron chi connectivity index (χ4n) is 2.36. The first-order valence-corrected chi connectivity index (χ1v) is 8.00. The zero-order chi connectivity index (χ0) is 17.5. The van der Waals surface area contributed by atoms with Crippen LogP contribution in [0.25, 0.3) is 0 Å². The molecule has 0 fully saturated rings. The van der Waals surface area contributed by atoms with E-state index in [0.29, 0.717) is 22.2 Å². The van der Waals surface area contributed by atoms with E-state index in [1.54, 1.807) is 32.4 Å². The molecular formula is C18H21ClN2O3. The SMILES string of the molecule is CC[C@H](NC(=O)Nc1ccc(OC)c(OC)c1)c1ccc(Cl)cc1.